The van der Waals surface area contributed by atoms with Crippen molar-refractivity contribution in [2.24, 2.45) is 5.73 Å². The maximum atomic E-state index is 6.17. The van der Waals surface area contributed by atoms with E-state index in [4.69, 9.17) is 10.2 Å². The molecular weight excluding hydrogens is 198 g/mol. The van der Waals surface area contributed by atoms with Crippen molar-refractivity contribution in [3.05, 3.63) is 58.5 Å². The molecule has 0 amide bonds. The smallest absolute Gasteiger partial charge is 0.125 e. The van der Waals surface area contributed by atoms with Crippen LogP contribution in [0.5, 0.6) is 0 Å². The van der Waals surface area contributed by atoms with Crippen LogP contribution in [0.4, 0.5) is 0 Å². The molecule has 16 heavy (non-hydrogen) atoms. The molecule has 84 valence electrons. The average Bonchev–Trinajstić information content (AvgIpc) is 2.62. The Bertz CT molecular complexity index is 479. The van der Waals surface area contributed by atoms with Crippen LogP contribution in [0.3, 0.4) is 0 Å². The van der Waals surface area contributed by atoms with Gasteiger partial charge in [-0.1, -0.05) is 29.3 Å². The summed E-state index contributed by atoms with van der Waals surface area (Å²) in [5.41, 5.74) is 9.74. The molecule has 0 radical (unpaired) electrons. The van der Waals surface area contributed by atoms with E-state index in [1.165, 1.54) is 11.1 Å². The highest BCUT2D eigenvalue weighted by molar-refractivity contribution is 5.34. The van der Waals surface area contributed by atoms with Gasteiger partial charge in [0.15, 0.2) is 0 Å². The summed E-state index contributed by atoms with van der Waals surface area (Å²) in [6.45, 7) is 6.09. The van der Waals surface area contributed by atoms with Crippen molar-refractivity contribution in [2.45, 2.75) is 26.8 Å². The molecule has 1 heterocycles. The molecule has 2 heteroatoms. The predicted octanol–water partition coefficient (Wildman–Crippen LogP) is 3.25. The number of benzene rings is 1. The van der Waals surface area contributed by atoms with Crippen LogP contribution in [0.15, 0.2) is 34.7 Å². The van der Waals surface area contributed by atoms with E-state index in [0.717, 1.165) is 17.1 Å². The molecule has 1 atom stereocenters. The summed E-state index contributed by atoms with van der Waals surface area (Å²) in [5, 5.41) is 0. The van der Waals surface area contributed by atoms with Gasteiger partial charge in [-0.2, -0.15) is 0 Å². The highest BCUT2D eigenvalue weighted by atomic mass is 16.3. The summed E-state index contributed by atoms with van der Waals surface area (Å²) >= 11 is 0. The van der Waals surface area contributed by atoms with Crippen LogP contribution in [0.2, 0.25) is 0 Å². The lowest BCUT2D eigenvalue weighted by Crippen LogP contribution is -2.11. The third-order valence-corrected chi connectivity index (χ3v) is 2.67. The zero-order valence-electron chi connectivity index (χ0n) is 9.95. The van der Waals surface area contributed by atoms with Gasteiger partial charge < -0.3 is 10.2 Å². The van der Waals surface area contributed by atoms with Crippen LogP contribution in [0.1, 0.15) is 34.3 Å². The van der Waals surface area contributed by atoms with E-state index < -0.39 is 0 Å². The maximum Gasteiger partial charge on any atom is 0.125 e. The Morgan fingerprint density at radius 1 is 1.00 bits per heavy atom. The summed E-state index contributed by atoms with van der Waals surface area (Å²) in [7, 11) is 0. The van der Waals surface area contributed by atoms with Crippen molar-refractivity contribution >= 4 is 0 Å². The molecule has 2 rings (SSSR count). The molecule has 1 aromatic heterocycles. The lowest BCUT2D eigenvalue weighted by atomic mass is 10.0. The Kier molecular flexibility index (Phi) is 2.84. The quantitative estimate of drug-likeness (QED) is 0.835. The van der Waals surface area contributed by atoms with Gasteiger partial charge in [-0.25, -0.2) is 0 Å². The van der Waals surface area contributed by atoms with Crippen LogP contribution in [0.25, 0.3) is 0 Å². The van der Waals surface area contributed by atoms with Gasteiger partial charge in [0.05, 0.1) is 6.04 Å². The molecule has 1 aromatic carbocycles. The van der Waals surface area contributed by atoms with E-state index in [1.807, 2.05) is 19.1 Å². The standard InChI is InChI=1S/C14H17NO/c1-9-6-10(2)8-12(7-9)14(15)13-5-4-11(3)16-13/h4-8,14H,15H2,1-3H3. The zero-order chi connectivity index (χ0) is 11.7. The second kappa shape index (κ2) is 4.14. The highest BCUT2D eigenvalue weighted by Crippen LogP contribution is 2.23. The summed E-state index contributed by atoms with van der Waals surface area (Å²) < 4.78 is 5.55. The number of furan rings is 1. The van der Waals surface area contributed by atoms with E-state index in [-0.39, 0.29) is 6.04 Å². The molecule has 0 spiro atoms. The van der Waals surface area contributed by atoms with Gasteiger partial charge in [-0.15, -0.1) is 0 Å². The summed E-state index contributed by atoms with van der Waals surface area (Å²) in [4.78, 5) is 0. The van der Waals surface area contributed by atoms with Crippen LogP contribution >= 0.6 is 0 Å². The molecule has 0 saturated carbocycles. The Morgan fingerprint density at radius 3 is 2.12 bits per heavy atom. The van der Waals surface area contributed by atoms with Crippen molar-refractivity contribution in [1.29, 1.82) is 0 Å². The first-order valence-electron chi connectivity index (χ1n) is 5.46. The monoisotopic (exact) mass is 215 g/mol. The van der Waals surface area contributed by atoms with Crippen molar-refractivity contribution in [2.75, 3.05) is 0 Å². The van der Waals surface area contributed by atoms with Gasteiger partial charge in [0.2, 0.25) is 0 Å². The molecule has 2 aromatic rings. The number of aryl methyl sites for hydroxylation is 3. The lowest BCUT2D eigenvalue weighted by molar-refractivity contribution is 0.466. The molecule has 0 aliphatic rings. The molecule has 1 unspecified atom stereocenters. The van der Waals surface area contributed by atoms with Crippen molar-refractivity contribution < 1.29 is 4.42 Å². The Hall–Kier alpha value is -1.54. The maximum absolute atomic E-state index is 6.17. The minimum absolute atomic E-state index is 0.174. The fourth-order valence-electron chi connectivity index (χ4n) is 1.97. The van der Waals surface area contributed by atoms with Crippen molar-refractivity contribution in [3.8, 4) is 0 Å². The minimum atomic E-state index is -0.174. The van der Waals surface area contributed by atoms with Crippen LogP contribution in [0, 0.1) is 20.8 Å². The second-order valence-corrected chi connectivity index (χ2v) is 4.35. The van der Waals surface area contributed by atoms with E-state index in [0.29, 0.717) is 0 Å². The minimum Gasteiger partial charge on any atom is -0.464 e. The Labute approximate surface area is 96.1 Å². The van der Waals surface area contributed by atoms with E-state index >= 15 is 0 Å². The van der Waals surface area contributed by atoms with E-state index in [1.54, 1.807) is 0 Å². The van der Waals surface area contributed by atoms with Crippen LogP contribution < -0.4 is 5.73 Å². The lowest BCUT2D eigenvalue weighted by Gasteiger charge is -2.11. The van der Waals surface area contributed by atoms with Gasteiger partial charge in [-0.05, 0) is 38.5 Å². The van der Waals surface area contributed by atoms with Gasteiger partial charge in [0.1, 0.15) is 11.5 Å². The first kappa shape index (κ1) is 11.0. The number of hydrogen-bond donors (Lipinski definition) is 1. The topological polar surface area (TPSA) is 39.2 Å². The third kappa shape index (κ3) is 2.17. The molecular formula is C14H17NO. The number of rotatable bonds is 2. The van der Waals surface area contributed by atoms with E-state index in [2.05, 4.69) is 32.0 Å². The Morgan fingerprint density at radius 2 is 1.62 bits per heavy atom. The summed E-state index contributed by atoms with van der Waals surface area (Å²) in [5.74, 6) is 1.72. The molecule has 0 fully saturated rings. The molecule has 0 aliphatic carbocycles. The predicted molar refractivity (Wildman–Crippen MR) is 65.4 cm³/mol. The number of hydrogen-bond acceptors (Lipinski definition) is 2. The van der Waals surface area contributed by atoms with Gasteiger partial charge in [0, 0.05) is 0 Å². The largest absolute Gasteiger partial charge is 0.464 e. The van der Waals surface area contributed by atoms with Gasteiger partial charge in [-0.3, -0.25) is 0 Å². The molecule has 0 saturated heterocycles. The van der Waals surface area contributed by atoms with Crippen LogP contribution in [-0.2, 0) is 0 Å². The number of nitrogens with two attached hydrogens (primary N) is 1. The second-order valence-electron chi connectivity index (χ2n) is 4.35. The fraction of sp³-hybridized carbons (Fsp3) is 0.286. The van der Waals surface area contributed by atoms with Gasteiger partial charge >= 0.3 is 0 Å². The summed E-state index contributed by atoms with van der Waals surface area (Å²) in [6, 6.07) is 10.1. The van der Waals surface area contributed by atoms with Crippen molar-refractivity contribution in [3.63, 3.8) is 0 Å². The average molecular weight is 215 g/mol. The van der Waals surface area contributed by atoms with E-state index in [9.17, 15) is 0 Å². The fourth-order valence-corrected chi connectivity index (χ4v) is 1.97. The SMILES string of the molecule is Cc1cc(C)cc(C(N)c2ccc(C)o2)c1. The zero-order valence-corrected chi connectivity index (χ0v) is 9.95. The van der Waals surface area contributed by atoms with Crippen LogP contribution in [-0.4, -0.2) is 0 Å². The summed E-state index contributed by atoms with van der Waals surface area (Å²) in [6.07, 6.45) is 0. The van der Waals surface area contributed by atoms with Crippen molar-refractivity contribution in [1.82, 2.24) is 0 Å². The normalized spacial score (nSPS) is 12.8. The molecule has 0 aliphatic heterocycles. The Balaban J connectivity index is 2.37. The molecule has 2 N–H and O–H groups in total. The molecule has 2 nitrogen and oxygen atoms in total. The molecule has 0 bridgehead atoms. The first-order valence-corrected chi connectivity index (χ1v) is 5.46. The third-order valence-electron chi connectivity index (χ3n) is 2.67. The first-order chi connectivity index (χ1) is 7.56. The van der Waals surface area contributed by atoms with Gasteiger partial charge in [0.25, 0.3) is 0 Å². The highest BCUT2D eigenvalue weighted by Gasteiger charge is 2.12.